The number of carbonyl (C=O) groups excluding carboxylic acids is 1. The van der Waals surface area contributed by atoms with E-state index in [2.05, 4.69) is 65.8 Å². The van der Waals surface area contributed by atoms with Crippen molar-refractivity contribution in [2.75, 3.05) is 26.9 Å². The van der Waals surface area contributed by atoms with E-state index in [9.17, 15) is 4.79 Å². The minimum absolute atomic E-state index is 0.100. The van der Waals surface area contributed by atoms with Gasteiger partial charge >= 0.3 is 6.09 Å². The molecule has 2 aromatic carbocycles. The van der Waals surface area contributed by atoms with Crippen LogP contribution in [0.1, 0.15) is 29.9 Å². The fourth-order valence-electron chi connectivity index (χ4n) is 5.02. The minimum atomic E-state index is -0.310. The third-order valence-corrected chi connectivity index (χ3v) is 6.55. The molecule has 5 rings (SSSR count). The zero-order valence-corrected chi connectivity index (χ0v) is 16.1. The largest absolute Gasteiger partial charge is 0.449 e. The van der Waals surface area contributed by atoms with Crippen molar-refractivity contribution in [1.82, 2.24) is 10.2 Å². The number of benzene rings is 2. The van der Waals surface area contributed by atoms with Crippen molar-refractivity contribution in [1.29, 1.82) is 0 Å². The van der Waals surface area contributed by atoms with Crippen LogP contribution >= 0.6 is 0 Å². The van der Waals surface area contributed by atoms with Crippen LogP contribution in [-0.4, -0.2) is 56.0 Å². The number of nitrogens with zero attached hydrogens (tertiary/aromatic N) is 1. The van der Waals surface area contributed by atoms with Crippen LogP contribution in [0.5, 0.6) is 0 Å². The van der Waals surface area contributed by atoms with E-state index < -0.39 is 0 Å². The average Bonchev–Trinajstić information content (AvgIpc) is 3.01. The zero-order valence-electron chi connectivity index (χ0n) is 16.1. The van der Waals surface area contributed by atoms with Gasteiger partial charge in [-0.25, -0.2) is 4.79 Å². The summed E-state index contributed by atoms with van der Waals surface area (Å²) in [4.78, 5) is 14.9. The molecule has 0 radical (unpaired) electrons. The summed E-state index contributed by atoms with van der Waals surface area (Å²) in [5.41, 5.74) is 4.97. The van der Waals surface area contributed by atoms with Gasteiger partial charge in [-0.1, -0.05) is 48.5 Å². The summed E-state index contributed by atoms with van der Waals surface area (Å²) in [6.45, 7) is 1.86. The molecule has 1 N–H and O–H groups in total. The summed E-state index contributed by atoms with van der Waals surface area (Å²) in [6, 6.07) is 17.7. The number of carbonyl (C=O) groups is 1. The van der Waals surface area contributed by atoms with Crippen LogP contribution in [0.25, 0.3) is 11.1 Å². The fourth-order valence-corrected chi connectivity index (χ4v) is 5.02. The molecule has 146 valence electrons. The molecule has 2 fully saturated rings. The molecule has 5 heteroatoms. The van der Waals surface area contributed by atoms with E-state index in [-0.39, 0.29) is 18.1 Å². The molecule has 1 amide bonds. The molecule has 5 nitrogen and oxygen atoms in total. The lowest BCUT2D eigenvalue weighted by molar-refractivity contribution is -0.0674. The van der Waals surface area contributed by atoms with Gasteiger partial charge in [-0.3, -0.25) is 4.90 Å². The molecule has 0 aromatic heterocycles. The van der Waals surface area contributed by atoms with Crippen LogP contribution in [0, 0.1) is 0 Å². The van der Waals surface area contributed by atoms with Gasteiger partial charge in [-0.15, -0.1) is 0 Å². The molecule has 2 aromatic rings. The topological polar surface area (TPSA) is 50.8 Å². The molecule has 2 atom stereocenters. The molecule has 1 aliphatic carbocycles. The van der Waals surface area contributed by atoms with Crippen LogP contribution in [0.3, 0.4) is 0 Å². The van der Waals surface area contributed by atoms with E-state index in [1.54, 1.807) is 0 Å². The lowest BCUT2D eigenvalue weighted by Crippen LogP contribution is -2.59. The molecule has 2 heterocycles. The van der Waals surface area contributed by atoms with Crippen molar-refractivity contribution >= 4 is 6.09 Å². The van der Waals surface area contributed by atoms with Gasteiger partial charge in [0.05, 0.1) is 13.2 Å². The number of alkyl carbamates (subject to hydrolysis) is 1. The molecule has 2 unspecified atom stereocenters. The first-order chi connectivity index (χ1) is 13.7. The van der Waals surface area contributed by atoms with E-state index >= 15 is 0 Å². The highest BCUT2D eigenvalue weighted by atomic mass is 16.5. The molecule has 2 aliphatic heterocycles. The number of hydrogen-bond acceptors (Lipinski definition) is 4. The summed E-state index contributed by atoms with van der Waals surface area (Å²) in [5.74, 6) is 0.100. The maximum Gasteiger partial charge on any atom is 0.407 e. The zero-order chi connectivity index (χ0) is 19.1. The molecule has 28 heavy (non-hydrogen) atoms. The van der Waals surface area contributed by atoms with Crippen molar-refractivity contribution in [2.24, 2.45) is 0 Å². The monoisotopic (exact) mass is 378 g/mol. The number of likely N-dealkylation sites (N-methyl/N-ethyl adjacent to an activating group) is 1. The standard InChI is InChI=1S/C23H26N2O3/c1-25-16-10-15(11-17(25)13-27-12-16)24-23(26)28-14-22-20-8-4-2-6-18(20)19-7-3-5-9-21(19)22/h2-9,15-17,22H,10-14H2,1H3,(H,24,26). The number of hydrogen-bond donors (Lipinski definition) is 1. The second kappa shape index (κ2) is 7.22. The van der Waals surface area contributed by atoms with Crippen molar-refractivity contribution in [2.45, 2.75) is 36.9 Å². The van der Waals surface area contributed by atoms with E-state index in [1.165, 1.54) is 22.3 Å². The van der Waals surface area contributed by atoms with Crippen molar-refractivity contribution in [3.05, 3.63) is 59.7 Å². The molecular weight excluding hydrogens is 352 g/mol. The maximum absolute atomic E-state index is 12.5. The highest BCUT2D eigenvalue weighted by Gasteiger charge is 2.37. The predicted octanol–water partition coefficient (Wildman–Crippen LogP) is 3.39. The van der Waals surface area contributed by atoms with Crippen molar-refractivity contribution in [3.8, 4) is 11.1 Å². The van der Waals surface area contributed by atoms with E-state index in [4.69, 9.17) is 9.47 Å². The Morgan fingerprint density at radius 3 is 2.21 bits per heavy atom. The summed E-state index contributed by atoms with van der Waals surface area (Å²) < 4.78 is 11.4. The summed E-state index contributed by atoms with van der Waals surface area (Å²) in [5, 5.41) is 3.10. The van der Waals surface area contributed by atoms with Gasteiger partial charge in [-0.05, 0) is 42.1 Å². The number of ether oxygens (including phenoxy) is 2. The summed E-state index contributed by atoms with van der Waals surface area (Å²) in [7, 11) is 2.15. The molecule has 0 saturated carbocycles. The van der Waals surface area contributed by atoms with E-state index in [0.717, 1.165) is 26.1 Å². The SMILES string of the molecule is CN1C2COCC1CC(NC(=O)OCC1c3ccccc3-c3ccccc31)C2. The number of rotatable bonds is 3. The quantitative estimate of drug-likeness (QED) is 0.890. The van der Waals surface area contributed by atoms with Gasteiger partial charge in [0.1, 0.15) is 6.61 Å². The van der Waals surface area contributed by atoms with E-state index in [0.29, 0.717) is 18.7 Å². The highest BCUT2D eigenvalue weighted by molar-refractivity contribution is 5.79. The van der Waals surface area contributed by atoms with Gasteiger partial charge in [-0.2, -0.15) is 0 Å². The van der Waals surface area contributed by atoms with Gasteiger partial charge in [0, 0.05) is 24.0 Å². The Labute approximate surface area is 165 Å². The van der Waals surface area contributed by atoms with Gasteiger partial charge < -0.3 is 14.8 Å². The Hall–Kier alpha value is -2.37. The summed E-state index contributed by atoms with van der Waals surface area (Å²) >= 11 is 0. The molecular formula is C23H26N2O3. The van der Waals surface area contributed by atoms with Crippen LogP contribution < -0.4 is 5.32 Å². The molecule has 2 saturated heterocycles. The number of piperidine rings is 1. The number of amides is 1. The minimum Gasteiger partial charge on any atom is -0.449 e. The Morgan fingerprint density at radius 2 is 1.61 bits per heavy atom. The lowest BCUT2D eigenvalue weighted by atomic mass is 9.91. The average molecular weight is 378 g/mol. The van der Waals surface area contributed by atoms with Gasteiger partial charge in [0.2, 0.25) is 0 Å². The molecule has 0 spiro atoms. The highest BCUT2D eigenvalue weighted by Crippen LogP contribution is 2.44. The van der Waals surface area contributed by atoms with Crippen molar-refractivity contribution in [3.63, 3.8) is 0 Å². The Balaban J connectivity index is 1.24. The van der Waals surface area contributed by atoms with Crippen LogP contribution in [0.4, 0.5) is 4.79 Å². The smallest absolute Gasteiger partial charge is 0.407 e. The molecule has 3 aliphatic rings. The second-order valence-corrected chi connectivity index (χ2v) is 8.15. The van der Waals surface area contributed by atoms with Crippen LogP contribution in [-0.2, 0) is 9.47 Å². The third-order valence-electron chi connectivity index (χ3n) is 6.55. The van der Waals surface area contributed by atoms with Crippen LogP contribution in [0.2, 0.25) is 0 Å². The molecule has 2 bridgehead atoms. The number of nitrogens with one attached hydrogen (secondary N) is 1. The second-order valence-electron chi connectivity index (χ2n) is 8.15. The Morgan fingerprint density at radius 1 is 1.04 bits per heavy atom. The Kier molecular flexibility index (Phi) is 4.57. The summed E-state index contributed by atoms with van der Waals surface area (Å²) in [6.07, 6.45) is 1.52. The van der Waals surface area contributed by atoms with Crippen LogP contribution in [0.15, 0.2) is 48.5 Å². The number of fused-ring (bicyclic) bond motifs is 5. The van der Waals surface area contributed by atoms with Crippen molar-refractivity contribution < 1.29 is 14.3 Å². The van der Waals surface area contributed by atoms with Gasteiger partial charge in [0.15, 0.2) is 0 Å². The first-order valence-corrected chi connectivity index (χ1v) is 10.1. The maximum atomic E-state index is 12.5. The number of morpholine rings is 1. The normalized spacial score (nSPS) is 26.4. The Bertz CT molecular complexity index is 824. The third kappa shape index (κ3) is 3.09. The first kappa shape index (κ1) is 17.7. The predicted molar refractivity (Wildman–Crippen MR) is 107 cm³/mol. The van der Waals surface area contributed by atoms with Gasteiger partial charge in [0.25, 0.3) is 0 Å². The fraction of sp³-hybridized carbons (Fsp3) is 0.435. The lowest BCUT2D eigenvalue weighted by Gasteiger charge is -2.46. The first-order valence-electron chi connectivity index (χ1n) is 10.1. The van der Waals surface area contributed by atoms with E-state index in [1.807, 2.05) is 0 Å².